The molecule has 0 atom stereocenters. The van der Waals surface area contributed by atoms with Crippen molar-refractivity contribution in [2.75, 3.05) is 0 Å². The summed E-state index contributed by atoms with van der Waals surface area (Å²) in [6, 6.07) is 12.9. The molecule has 5 rings (SSSR count). The molecular weight excluding hydrogens is 476 g/mol. The van der Waals surface area contributed by atoms with E-state index in [9.17, 15) is 22.7 Å². The molecule has 0 amide bonds. The molecule has 0 saturated heterocycles. The summed E-state index contributed by atoms with van der Waals surface area (Å²) in [5.74, 6) is -0.856. The zero-order valence-corrected chi connectivity index (χ0v) is 19.9. The summed E-state index contributed by atoms with van der Waals surface area (Å²) in [5, 5.41) is 18.8. The van der Waals surface area contributed by atoms with Gasteiger partial charge >= 0.3 is 6.18 Å². The van der Waals surface area contributed by atoms with E-state index in [2.05, 4.69) is 15.2 Å². The van der Waals surface area contributed by atoms with Gasteiger partial charge in [-0.1, -0.05) is 41.6 Å². The molecule has 2 aromatic carbocycles. The van der Waals surface area contributed by atoms with Gasteiger partial charge in [-0.25, -0.2) is 4.39 Å². The lowest BCUT2D eigenvalue weighted by Crippen LogP contribution is -2.37. The Labute approximate surface area is 204 Å². The molecule has 188 valence electrons. The van der Waals surface area contributed by atoms with E-state index < -0.39 is 28.6 Å². The summed E-state index contributed by atoms with van der Waals surface area (Å²) in [6.07, 6.45) is -3.09. The van der Waals surface area contributed by atoms with Crippen molar-refractivity contribution in [3.63, 3.8) is 0 Å². The van der Waals surface area contributed by atoms with Crippen molar-refractivity contribution in [1.82, 2.24) is 19.9 Å². The van der Waals surface area contributed by atoms with Gasteiger partial charge in [-0.15, -0.1) is 0 Å². The fourth-order valence-corrected chi connectivity index (χ4v) is 4.07. The van der Waals surface area contributed by atoms with Crippen LogP contribution in [-0.4, -0.2) is 31.2 Å². The number of aromatic nitrogens is 4. The van der Waals surface area contributed by atoms with Crippen molar-refractivity contribution in [2.24, 2.45) is 0 Å². The SMILES string of the molecule is Cc1cc(-c2nc(-c3ccc(C(C)(C)C(F)(F)F)c(F)c3)no2)nn1Cc1cccc(C2(O)CC2)c1. The van der Waals surface area contributed by atoms with Crippen molar-refractivity contribution >= 4 is 0 Å². The predicted molar refractivity (Wildman–Crippen MR) is 123 cm³/mol. The maximum Gasteiger partial charge on any atom is 0.398 e. The summed E-state index contributed by atoms with van der Waals surface area (Å²) in [5.41, 5.74) is -0.218. The fourth-order valence-electron chi connectivity index (χ4n) is 4.07. The molecule has 1 fully saturated rings. The Hall–Kier alpha value is -3.53. The average Bonchev–Trinajstić information content (AvgIpc) is 3.22. The standard InChI is InChI=1S/C26H24F4N4O2/c1-15-11-21(32-34(15)14-16-5-4-6-18(12-16)25(35)9-10-25)23-31-22(33-36-23)17-7-8-19(20(27)13-17)24(2,3)26(28,29)30/h4-8,11-13,35H,9-10,14H2,1-3H3. The quantitative estimate of drug-likeness (QED) is 0.333. The van der Waals surface area contributed by atoms with E-state index in [1.807, 2.05) is 31.2 Å². The summed E-state index contributed by atoms with van der Waals surface area (Å²) in [4.78, 5) is 4.27. The maximum atomic E-state index is 14.6. The number of rotatable bonds is 6. The van der Waals surface area contributed by atoms with Gasteiger partial charge in [0.1, 0.15) is 5.82 Å². The highest BCUT2D eigenvalue weighted by atomic mass is 19.4. The van der Waals surface area contributed by atoms with Crippen LogP contribution < -0.4 is 0 Å². The highest BCUT2D eigenvalue weighted by molar-refractivity contribution is 5.59. The van der Waals surface area contributed by atoms with E-state index in [0.717, 1.165) is 55.6 Å². The summed E-state index contributed by atoms with van der Waals surface area (Å²) in [6.45, 7) is 4.21. The van der Waals surface area contributed by atoms with Crippen LogP contribution in [0.2, 0.25) is 0 Å². The van der Waals surface area contributed by atoms with Crippen LogP contribution in [0.5, 0.6) is 0 Å². The van der Waals surface area contributed by atoms with Gasteiger partial charge in [0.2, 0.25) is 5.82 Å². The molecule has 1 saturated carbocycles. The van der Waals surface area contributed by atoms with Crippen LogP contribution in [0.1, 0.15) is 49.1 Å². The Morgan fingerprint density at radius 3 is 2.50 bits per heavy atom. The summed E-state index contributed by atoms with van der Waals surface area (Å²) in [7, 11) is 0. The van der Waals surface area contributed by atoms with Gasteiger partial charge in [0.15, 0.2) is 5.69 Å². The number of hydrogen-bond acceptors (Lipinski definition) is 5. The second-order valence-corrected chi connectivity index (χ2v) is 9.80. The van der Waals surface area contributed by atoms with E-state index >= 15 is 0 Å². The largest absolute Gasteiger partial charge is 0.398 e. The van der Waals surface area contributed by atoms with Gasteiger partial charge < -0.3 is 9.63 Å². The van der Waals surface area contributed by atoms with Gasteiger partial charge in [0.25, 0.3) is 5.89 Å². The van der Waals surface area contributed by atoms with E-state index in [1.54, 1.807) is 10.7 Å². The molecule has 2 aromatic heterocycles. The topological polar surface area (TPSA) is 77.0 Å². The monoisotopic (exact) mass is 500 g/mol. The van der Waals surface area contributed by atoms with E-state index in [0.29, 0.717) is 12.2 Å². The zero-order chi connectivity index (χ0) is 25.9. The van der Waals surface area contributed by atoms with Crippen molar-refractivity contribution in [3.8, 4) is 23.0 Å². The number of hydrogen-bond donors (Lipinski definition) is 1. The number of benzene rings is 2. The second kappa shape index (κ2) is 8.26. The van der Waals surface area contributed by atoms with Gasteiger partial charge in [0, 0.05) is 16.8 Å². The first-order valence-corrected chi connectivity index (χ1v) is 11.4. The van der Waals surface area contributed by atoms with Crippen molar-refractivity contribution < 1.29 is 27.2 Å². The Balaban J connectivity index is 1.37. The van der Waals surface area contributed by atoms with Gasteiger partial charge in [0.05, 0.1) is 17.6 Å². The molecule has 36 heavy (non-hydrogen) atoms. The molecule has 0 spiro atoms. The molecule has 0 unspecified atom stereocenters. The van der Waals surface area contributed by atoms with Crippen molar-refractivity contribution in [2.45, 2.75) is 57.3 Å². The fraction of sp³-hybridized carbons (Fsp3) is 0.346. The molecule has 1 aliphatic rings. The molecule has 1 N–H and O–H groups in total. The summed E-state index contributed by atoms with van der Waals surface area (Å²) < 4.78 is 61.7. The van der Waals surface area contributed by atoms with Gasteiger partial charge in [-0.3, -0.25) is 4.68 Å². The number of aliphatic hydroxyl groups is 1. The third-order valence-corrected chi connectivity index (χ3v) is 6.76. The smallest absolute Gasteiger partial charge is 0.385 e. The lowest BCUT2D eigenvalue weighted by Gasteiger charge is -2.28. The minimum absolute atomic E-state index is 0.0397. The Morgan fingerprint density at radius 1 is 1.08 bits per heavy atom. The van der Waals surface area contributed by atoms with E-state index in [1.165, 1.54) is 6.07 Å². The first-order valence-electron chi connectivity index (χ1n) is 11.4. The molecule has 0 radical (unpaired) electrons. The number of nitrogens with zero attached hydrogens (tertiary/aromatic N) is 4. The third kappa shape index (κ3) is 4.30. The van der Waals surface area contributed by atoms with Crippen LogP contribution >= 0.6 is 0 Å². The molecule has 0 aliphatic heterocycles. The van der Waals surface area contributed by atoms with E-state index in [4.69, 9.17) is 4.52 Å². The molecule has 4 aromatic rings. The third-order valence-electron chi connectivity index (χ3n) is 6.76. The molecule has 6 nitrogen and oxygen atoms in total. The number of halogens is 4. The van der Waals surface area contributed by atoms with Crippen LogP contribution in [0.3, 0.4) is 0 Å². The minimum atomic E-state index is -4.61. The Morgan fingerprint density at radius 2 is 1.83 bits per heavy atom. The minimum Gasteiger partial charge on any atom is -0.385 e. The second-order valence-electron chi connectivity index (χ2n) is 9.80. The highest BCUT2D eigenvalue weighted by Crippen LogP contribution is 2.45. The van der Waals surface area contributed by atoms with Crippen molar-refractivity contribution in [3.05, 3.63) is 76.7 Å². The summed E-state index contributed by atoms with van der Waals surface area (Å²) >= 11 is 0. The zero-order valence-electron chi connectivity index (χ0n) is 19.9. The van der Waals surface area contributed by atoms with Gasteiger partial charge in [-0.2, -0.15) is 23.3 Å². The van der Waals surface area contributed by atoms with Gasteiger partial charge in [-0.05, 0) is 56.9 Å². The van der Waals surface area contributed by atoms with Crippen LogP contribution in [0.4, 0.5) is 17.6 Å². The maximum absolute atomic E-state index is 14.6. The normalized spacial score (nSPS) is 15.3. The number of alkyl halides is 3. The molecule has 2 heterocycles. The molecule has 10 heteroatoms. The lowest BCUT2D eigenvalue weighted by molar-refractivity contribution is -0.180. The molecule has 1 aliphatic carbocycles. The molecular formula is C26H24F4N4O2. The van der Waals surface area contributed by atoms with Crippen LogP contribution in [-0.2, 0) is 17.6 Å². The molecule has 0 bridgehead atoms. The predicted octanol–water partition coefficient (Wildman–Crippen LogP) is 5.92. The Kier molecular flexibility index (Phi) is 5.55. The van der Waals surface area contributed by atoms with Crippen molar-refractivity contribution in [1.29, 1.82) is 0 Å². The first kappa shape index (κ1) is 24.2. The van der Waals surface area contributed by atoms with E-state index in [-0.39, 0.29) is 17.3 Å². The van der Waals surface area contributed by atoms with Crippen LogP contribution in [0, 0.1) is 12.7 Å². The first-order chi connectivity index (χ1) is 16.9. The number of aryl methyl sites for hydroxylation is 1. The average molecular weight is 500 g/mol. The van der Waals surface area contributed by atoms with Crippen LogP contribution in [0.25, 0.3) is 23.0 Å². The van der Waals surface area contributed by atoms with Crippen LogP contribution in [0.15, 0.2) is 53.1 Å². The Bertz CT molecular complexity index is 1430. The highest BCUT2D eigenvalue weighted by Gasteiger charge is 2.49. The lowest BCUT2D eigenvalue weighted by atomic mass is 9.83.